The molecule has 1 saturated carbocycles. The predicted molar refractivity (Wildman–Crippen MR) is 115 cm³/mol. The highest BCUT2D eigenvalue weighted by molar-refractivity contribution is 4.82. The van der Waals surface area contributed by atoms with Crippen LogP contribution in [0.25, 0.3) is 0 Å². The third kappa shape index (κ3) is 11.9. The summed E-state index contributed by atoms with van der Waals surface area (Å²) in [5, 5.41) is 0. The second-order valence-corrected chi connectivity index (χ2v) is 8.87. The fourth-order valence-corrected chi connectivity index (χ4v) is 4.80. The molecule has 0 N–H and O–H groups in total. The highest BCUT2D eigenvalue weighted by atomic mass is 14.3. The Kier molecular flexibility index (Phi) is 14.5. The largest absolute Gasteiger partial charge is 0.0885 e. The van der Waals surface area contributed by atoms with Crippen molar-refractivity contribution in [1.29, 1.82) is 0 Å². The third-order valence-corrected chi connectivity index (χ3v) is 6.50. The first-order valence-electron chi connectivity index (χ1n) is 11.9. The van der Waals surface area contributed by atoms with Gasteiger partial charge in [-0.05, 0) is 56.3 Å². The molecule has 0 saturated heterocycles. The molecule has 1 aliphatic rings. The Morgan fingerprint density at radius 3 is 2.04 bits per heavy atom. The Hall–Kier alpha value is -0.260. The molecule has 0 heterocycles. The summed E-state index contributed by atoms with van der Waals surface area (Å²) in [5.41, 5.74) is 0. The van der Waals surface area contributed by atoms with E-state index in [9.17, 15) is 0 Å². The standard InChI is InChI=1S/C25H48/c1-4-6-7-8-9-10-14-17-20-25-21-18-15-12-11-13-16-19-23(3)22-24(25)5-2/h9-10,23-25H,4-8,11-22H2,1-3H3. The molecule has 0 aromatic carbocycles. The molecule has 0 aromatic heterocycles. The molecule has 148 valence electrons. The molecule has 0 heteroatoms. The summed E-state index contributed by atoms with van der Waals surface area (Å²) in [4.78, 5) is 0. The van der Waals surface area contributed by atoms with Gasteiger partial charge in [0.25, 0.3) is 0 Å². The van der Waals surface area contributed by atoms with E-state index >= 15 is 0 Å². The molecule has 1 fully saturated rings. The SMILES string of the molecule is CCCCCC=CCCCC1CCCCCCCCC(C)CC1CC. The van der Waals surface area contributed by atoms with Crippen LogP contribution in [0.5, 0.6) is 0 Å². The van der Waals surface area contributed by atoms with Crippen molar-refractivity contribution in [2.45, 2.75) is 130 Å². The van der Waals surface area contributed by atoms with Gasteiger partial charge in [-0.15, -0.1) is 0 Å². The first kappa shape index (κ1) is 22.8. The summed E-state index contributed by atoms with van der Waals surface area (Å²) < 4.78 is 0. The Bertz CT molecular complexity index is 303. The Balaban J connectivity index is 2.38. The van der Waals surface area contributed by atoms with E-state index in [-0.39, 0.29) is 0 Å². The zero-order chi connectivity index (χ0) is 18.2. The molecule has 3 atom stereocenters. The topological polar surface area (TPSA) is 0 Å². The second kappa shape index (κ2) is 16.0. The van der Waals surface area contributed by atoms with Crippen LogP contribution >= 0.6 is 0 Å². The van der Waals surface area contributed by atoms with Crippen molar-refractivity contribution in [3.05, 3.63) is 12.2 Å². The smallest absolute Gasteiger partial charge is 0.0351 e. The lowest BCUT2D eigenvalue weighted by Crippen LogP contribution is -2.18. The summed E-state index contributed by atoms with van der Waals surface area (Å²) in [7, 11) is 0. The van der Waals surface area contributed by atoms with E-state index < -0.39 is 0 Å². The van der Waals surface area contributed by atoms with Gasteiger partial charge in [-0.1, -0.05) is 104 Å². The van der Waals surface area contributed by atoms with Crippen molar-refractivity contribution >= 4 is 0 Å². The first-order valence-corrected chi connectivity index (χ1v) is 11.9. The molecule has 0 bridgehead atoms. The van der Waals surface area contributed by atoms with Gasteiger partial charge in [0.15, 0.2) is 0 Å². The molecule has 1 aliphatic carbocycles. The van der Waals surface area contributed by atoms with E-state index in [1.165, 1.54) is 109 Å². The van der Waals surface area contributed by atoms with Crippen LogP contribution in [0.4, 0.5) is 0 Å². The number of unbranched alkanes of at least 4 members (excludes halogenated alkanes) is 4. The number of rotatable bonds is 9. The van der Waals surface area contributed by atoms with Crippen LogP contribution < -0.4 is 0 Å². The average Bonchev–Trinajstić information content (AvgIpc) is 2.61. The van der Waals surface area contributed by atoms with Crippen LogP contribution in [-0.4, -0.2) is 0 Å². The van der Waals surface area contributed by atoms with Crippen molar-refractivity contribution in [3.63, 3.8) is 0 Å². The van der Waals surface area contributed by atoms with Crippen LogP contribution in [0.3, 0.4) is 0 Å². The minimum absolute atomic E-state index is 0.949. The number of hydrogen-bond donors (Lipinski definition) is 0. The van der Waals surface area contributed by atoms with Gasteiger partial charge in [-0.25, -0.2) is 0 Å². The fourth-order valence-electron chi connectivity index (χ4n) is 4.80. The molecule has 0 aliphatic heterocycles. The van der Waals surface area contributed by atoms with E-state index in [2.05, 4.69) is 32.9 Å². The van der Waals surface area contributed by atoms with Crippen LogP contribution in [-0.2, 0) is 0 Å². The van der Waals surface area contributed by atoms with E-state index in [1.807, 2.05) is 0 Å². The van der Waals surface area contributed by atoms with Crippen LogP contribution in [0, 0.1) is 17.8 Å². The molecular weight excluding hydrogens is 300 g/mol. The lowest BCUT2D eigenvalue weighted by molar-refractivity contribution is 0.222. The predicted octanol–water partition coefficient (Wildman–Crippen LogP) is 9.10. The van der Waals surface area contributed by atoms with Gasteiger partial charge in [0.1, 0.15) is 0 Å². The minimum Gasteiger partial charge on any atom is -0.0885 e. The molecule has 1 rings (SSSR count). The minimum atomic E-state index is 0.949. The van der Waals surface area contributed by atoms with Gasteiger partial charge in [-0.3, -0.25) is 0 Å². The lowest BCUT2D eigenvalue weighted by Gasteiger charge is -2.29. The third-order valence-electron chi connectivity index (χ3n) is 6.50. The maximum atomic E-state index is 2.52. The highest BCUT2D eigenvalue weighted by Crippen LogP contribution is 2.34. The molecule has 25 heavy (non-hydrogen) atoms. The maximum absolute atomic E-state index is 2.52. The summed E-state index contributed by atoms with van der Waals surface area (Å²) in [6.07, 6.45) is 29.3. The molecule has 0 aromatic rings. The average molecular weight is 349 g/mol. The van der Waals surface area contributed by atoms with Gasteiger partial charge in [0, 0.05) is 0 Å². The van der Waals surface area contributed by atoms with Crippen molar-refractivity contribution in [2.24, 2.45) is 17.8 Å². The van der Waals surface area contributed by atoms with Gasteiger partial charge in [0.05, 0.1) is 0 Å². The van der Waals surface area contributed by atoms with Gasteiger partial charge in [0.2, 0.25) is 0 Å². The van der Waals surface area contributed by atoms with Crippen molar-refractivity contribution in [3.8, 4) is 0 Å². The molecule has 3 unspecified atom stereocenters. The zero-order valence-corrected chi connectivity index (χ0v) is 17.9. The summed E-state index contributed by atoms with van der Waals surface area (Å²) >= 11 is 0. The van der Waals surface area contributed by atoms with Crippen LogP contribution in [0.2, 0.25) is 0 Å². The van der Waals surface area contributed by atoms with E-state index in [4.69, 9.17) is 0 Å². The molecular formula is C25H48. The Morgan fingerprint density at radius 2 is 1.36 bits per heavy atom. The van der Waals surface area contributed by atoms with Gasteiger partial charge >= 0.3 is 0 Å². The van der Waals surface area contributed by atoms with Crippen molar-refractivity contribution < 1.29 is 0 Å². The van der Waals surface area contributed by atoms with Crippen LogP contribution in [0.15, 0.2) is 12.2 Å². The van der Waals surface area contributed by atoms with Gasteiger partial charge < -0.3 is 0 Å². The van der Waals surface area contributed by atoms with Crippen LogP contribution in [0.1, 0.15) is 130 Å². The van der Waals surface area contributed by atoms with Gasteiger partial charge in [-0.2, -0.15) is 0 Å². The van der Waals surface area contributed by atoms with E-state index in [0.717, 1.165) is 17.8 Å². The second-order valence-electron chi connectivity index (χ2n) is 8.87. The van der Waals surface area contributed by atoms with Crippen molar-refractivity contribution in [1.82, 2.24) is 0 Å². The zero-order valence-electron chi connectivity index (χ0n) is 17.9. The van der Waals surface area contributed by atoms with E-state index in [1.54, 1.807) is 0 Å². The maximum Gasteiger partial charge on any atom is -0.0351 e. The number of hydrogen-bond acceptors (Lipinski definition) is 0. The van der Waals surface area contributed by atoms with E-state index in [0.29, 0.717) is 0 Å². The lowest BCUT2D eigenvalue weighted by atomic mass is 9.76. The van der Waals surface area contributed by atoms with Crippen molar-refractivity contribution in [2.75, 3.05) is 0 Å². The quantitative estimate of drug-likeness (QED) is 0.288. The first-order chi connectivity index (χ1) is 12.3. The molecule has 0 radical (unpaired) electrons. The molecule has 0 spiro atoms. The normalized spacial score (nSPS) is 27.1. The Labute approximate surface area is 160 Å². The monoisotopic (exact) mass is 348 g/mol. The molecule has 0 nitrogen and oxygen atoms in total. The summed E-state index contributed by atoms with van der Waals surface area (Å²) in [6.45, 7) is 7.26. The number of allylic oxidation sites excluding steroid dienone is 2. The highest BCUT2D eigenvalue weighted by Gasteiger charge is 2.21. The summed E-state index contributed by atoms with van der Waals surface area (Å²) in [5.74, 6) is 2.94. The Morgan fingerprint density at radius 1 is 0.720 bits per heavy atom. The molecule has 0 amide bonds. The fraction of sp³-hybridized carbons (Fsp3) is 0.920. The summed E-state index contributed by atoms with van der Waals surface area (Å²) in [6, 6.07) is 0.